The van der Waals surface area contributed by atoms with E-state index in [1.807, 2.05) is 9.97 Å². The second-order valence-corrected chi connectivity index (χ2v) is 3.70. The summed E-state index contributed by atoms with van der Waals surface area (Å²) in [5, 5.41) is 0. The van der Waals surface area contributed by atoms with Crippen molar-refractivity contribution < 1.29 is 4.79 Å². The van der Waals surface area contributed by atoms with E-state index in [2.05, 4.69) is 4.99 Å². The van der Waals surface area contributed by atoms with Crippen molar-refractivity contribution in [3.8, 4) is 5.69 Å². The van der Waals surface area contributed by atoms with Gasteiger partial charge in [-0.25, -0.2) is 23.7 Å². The van der Waals surface area contributed by atoms with Crippen molar-refractivity contribution in [2.24, 2.45) is 4.99 Å². The van der Waals surface area contributed by atoms with Crippen LogP contribution in [0.4, 0.5) is 5.69 Å². The molecular weight excluding hydrogens is 252 g/mol. The average molecular weight is 260 g/mol. The first-order valence-electron chi connectivity index (χ1n) is 5.17. The average Bonchev–Trinajstić information content (AvgIpc) is 2.32. The largest absolute Gasteiger partial charge is 0.338 e. The minimum absolute atomic E-state index is 0.183. The SMILES string of the molecule is Cc1ccc(-n2c(=O)[nH]c(=O)[nH]c2=O)cc1N=C=O. The summed E-state index contributed by atoms with van der Waals surface area (Å²) in [6, 6.07) is 4.45. The van der Waals surface area contributed by atoms with Crippen molar-refractivity contribution in [3.63, 3.8) is 0 Å². The first-order chi connectivity index (χ1) is 9.02. The Balaban J connectivity index is 2.77. The van der Waals surface area contributed by atoms with E-state index in [0.29, 0.717) is 5.56 Å². The Kier molecular flexibility index (Phi) is 3.09. The number of H-pyrrole nitrogens is 2. The normalized spacial score (nSPS) is 9.95. The maximum Gasteiger partial charge on any atom is 0.338 e. The Morgan fingerprint density at radius 2 is 1.79 bits per heavy atom. The molecule has 0 aliphatic rings. The van der Waals surface area contributed by atoms with Crippen molar-refractivity contribution in [1.29, 1.82) is 0 Å². The molecule has 96 valence electrons. The molecule has 0 fully saturated rings. The third-order valence-corrected chi connectivity index (χ3v) is 2.46. The van der Waals surface area contributed by atoms with Crippen LogP contribution in [-0.4, -0.2) is 20.6 Å². The minimum atomic E-state index is -0.885. The number of nitrogens with one attached hydrogen (secondary N) is 2. The van der Waals surface area contributed by atoms with Crippen molar-refractivity contribution in [3.05, 3.63) is 55.2 Å². The molecule has 2 rings (SSSR count). The number of isocyanates is 1. The topological polar surface area (TPSA) is 117 Å². The second-order valence-electron chi connectivity index (χ2n) is 3.70. The van der Waals surface area contributed by atoms with Gasteiger partial charge in [-0.3, -0.25) is 9.97 Å². The Labute approximate surface area is 105 Å². The highest BCUT2D eigenvalue weighted by Gasteiger charge is 2.07. The smallest absolute Gasteiger partial charge is 0.258 e. The molecule has 1 aromatic heterocycles. The summed E-state index contributed by atoms with van der Waals surface area (Å²) in [5.74, 6) is 0. The van der Waals surface area contributed by atoms with Gasteiger partial charge in [0.2, 0.25) is 6.08 Å². The monoisotopic (exact) mass is 260 g/mol. The van der Waals surface area contributed by atoms with Crippen LogP contribution in [0, 0.1) is 6.92 Å². The molecule has 2 N–H and O–H groups in total. The Morgan fingerprint density at radius 3 is 2.37 bits per heavy atom. The number of benzene rings is 1. The fourth-order valence-corrected chi connectivity index (χ4v) is 1.57. The number of aromatic nitrogens is 3. The fourth-order valence-electron chi connectivity index (χ4n) is 1.57. The van der Waals surface area contributed by atoms with E-state index >= 15 is 0 Å². The molecule has 8 heteroatoms. The molecule has 0 radical (unpaired) electrons. The molecule has 0 saturated heterocycles. The fraction of sp³-hybridized carbons (Fsp3) is 0.0909. The number of rotatable bonds is 2. The van der Waals surface area contributed by atoms with Gasteiger partial charge in [-0.2, -0.15) is 4.99 Å². The minimum Gasteiger partial charge on any atom is -0.258 e. The summed E-state index contributed by atoms with van der Waals surface area (Å²) < 4.78 is 0.727. The zero-order chi connectivity index (χ0) is 14.0. The van der Waals surface area contributed by atoms with Crippen LogP contribution in [-0.2, 0) is 4.79 Å². The molecule has 0 amide bonds. The van der Waals surface area contributed by atoms with E-state index in [9.17, 15) is 19.2 Å². The van der Waals surface area contributed by atoms with Crippen LogP contribution < -0.4 is 17.1 Å². The number of hydrogen-bond donors (Lipinski definition) is 2. The van der Waals surface area contributed by atoms with E-state index in [4.69, 9.17) is 0 Å². The molecule has 1 aromatic carbocycles. The highest BCUT2D eigenvalue weighted by molar-refractivity contribution is 5.57. The molecule has 0 spiro atoms. The molecule has 0 atom stereocenters. The van der Waals surface area contributed by atoms with Crippen LogP contribution in [0.3, 0.4) is 0 Å². The molecule has 0 bridgehead atoms. The van der Waals surface area contributed by atoms with Gasteiger partial charge in [0, 0.05) is 0 Å². The Hall–Kier alpha value is -2.99. The van der Waals surface area contributed by atoms with Crippen LogP contribution in [0.1, 0.15) is 5.56 Å². The van der Waals surface area contributed by atoms with Crippen LogP contribution in [0.25, 0.3) is 5.69 Å². The third-order valence-electron chi connectivity index (χ3n) is 2.46. The lowest BCUT2D eigenvalue weighted by Gasteiger charge is -2.05. The summed E-state index contributed by atoms with van der Waals surface area (Å²) in [4.78, 5) is 51.7. The highest BCUT2D eigenvalue weighted by atomic mass is 16.2. The molecule has 0 saturated carbocycles. The molecule has 2 aromatic rings. The number of aromatic amines is 2. The van der Waals surface area contributed by atoms with Gasteiger partial charge in [0.15, 0.2) is 0 Å². The van der Waals surface area contributed by atoms with Crippen LogP contribution in [0.15, 0.2) is 37.6 Å². The zero-order valence-electron chi connectivity index (χ0n) is 9.76. The van der Waals surface area contributed by atoms with Crippen molar-refractivity contribution in [2.45, 2.75) is 6.92 Å². The molecule has 0 unspecified atom stereocenters. The van der Waals surface area contributed by atoms with Gasteiger partial charge in [-0.05, 0) is 24.6 Å². The van der Waals surface area contributed by atoms with E-state index in [0.717, 1.165) is 4.57 Å². The van der Waals surface area contributed by atoms with E-state index in [-0.39, 0.29) is 11.4 Å². The third kappa shape index (κ3) is 2.33. The molecule has 0 aliphatic heterocycles. The van der Waals surface area contributed by atoms with Crippen LogP contribution >= 0.6 is 0 Å². The number of aryl methyl sites for hydroxylation is 1. The summed E-state index contributed by atoms with van der Waals surface area (Å²) >= 11 is 0. The molecule has 19 heavy (non-hydrogen) atoms. The van der Waals surface area contributed by atoms with Gasteiger partial charge in [0.05, 0.1) is 11.4 Å². The quantitative estimate of drug-likeness (QED) is 0.558. The van der Waals surface area contributed by atoms with E-state index in [1.165, 1.54) is 18.2 Å². The predicted octanol–water partition coefficient (Wildman–Crippen LogP) is -0.510. The summed E-state index contributed by atoms with van der Waals surface area (Å²) in [6.07, 6.45) is 1.39. The Morgan fingerprint density at radius 1 is 1.16 bits per heavy atom. The molecular formula is C11H8N4O4. The van der Waals surface area contributed by atoms with Gasteiger partial charge < -0.3 is 0 Å². The van der Waals surface area contributed by atoms with Gasteiger partial charge in [-0.1, -0.05) is 6.07 Å². The lowest BCUT2D eigenvalue weighted by Crippen LogP contribution is -2.42. The lowest BCUT2D eigenvalue weighted by molar-refractivity contribution is 0.565. The number of carbonyl (C=O) groups excluding carboxylic acids is 1. The maximum atomic E-state index is 11.6. The summed E-state index contributed by atoms with van der Waals surface area (Å²) in [7, 11) is 0. The van der Waals surface area contributed by atoms with Gasteiger partial charge in [0.25, 0.3) is 0 Å². The van der Waals surface area contributed by atoms with Gasteiger partial charge in [-0.15, -0.1) is 0 Å². The standard InChI is InChI=1S/C11H8N4O4/c1-6-2-3-7(4-8(6)12-5-16)15-10(18)13-9(17)14-11(15)19/h2-4H,1H3,(H2,13,14,17,18,19). The summed E-state index contributed by atoms with van der Waals surface area (Å²) in [5.41, 5.74) is -1.49. The van der Waals surface area contributed by atoms with Crippen molar-refractivity contribution in [1.82, 2.24) is 14.5 Å². The Bertz CT molecular complexity index is 818. The highest BCUT2D eigenvalue weighted by Crippen LogP contribution is 2.20. The first-order valence-corrected chi connectivity index (χ1v) is 5.17. The van der Waals surface area contributed by atoms with Crippen molar-refractivity contribution >= 4 is 11.8 Å². The number of hydrogen-bond acceptors (Lipinski definition) is 5. The lowest BCUT2D eigenvalue weighted by atomic mass is 10.2. The predicted molar refractivity (Wildman–Crippen MR) is 65.8 cm³/mol. The van der Waals surface area contributed by atoms with Gasteiger partial charge >= 0.3 is 17.1 Å². The number of aliphatic imine (C=N–C) groups is 1. The molecule has 1 heterocycles. The van der Waals surface area contributed by atoms with Crippen LogP contribution in [0.5, 0.6) is 0 Å². The summed E-state index contributed by atoms with van der Waals surface area (Å²) in [6.45, 7) is 1.71. The number of nitrogens with zero attached hydrogens (tertiary/aromatic N) is 2. The molecule has 8 nitrogen and oxygen atoms in total. The zero-order valence-corrected chi connectivity index (χ0v) is 9.76. The van der Waals surface area contributed by atoms with E-state index < -0.39 is 17.1 Å². The maximum absolute atomic E-state index is 11.6. The van der Waals surface area contributed by atoms with E-state index in [1.54, 1.807) is 13.0 Å². The van der Waals surface area contributed by atoms with Crippen LogP contribution in [0.2, 0.25) is 0 Å². The van der Waals surface area contributed by atoms with Crippen molar-refractivity contribution in [2.75, 3.05) is 0 Å². The molecule has 0 aliphatic carbocycles. The first kappa shape index (κ1) is 12.5. The second kappa shape index (κ2) is 4.71. The van der Waals surface area contributed by atoms with Gasteiger partial charge in [0.1, 0.15) is 0 Å².